The smallest absolute Gasteiger partial charge is 0.225 e. The lowest BCUT2D eigenvalue weighted by Crippen LogP contribution is -2.50. The van der Waals surface area contributed by atoms with E-state index in [1.54, 1.807) is 0 Å². The van der Waals surface area contributed by atoms with Crippen LogP contribution in [0.3, 0.4) is 0 Å². The van der Waals surface area contributed by atoms with Crippen molar-refractivity contribution >= 4 is 34.2 Å². The van der Waals surface area contributed by atoms with Crippen LogP contribution in [-0.4, -0.2) is 72.9 Å². The summed E-state index contributed by atoms with van der Waals surface area (Å²) < 4.78 is 0. The van der Waals surface area contributed by atoms with Crippen molar-refractivity contribution in [2.75, 3.05) is 56.5 Å². The maximum atomic E-state index is 12.9. The van der Waals surface area contributed by atoms with Gasteiger partial charge in [-0.15, -0.1) is 0 Å². The predicted octanol–water partition coefficient (Wildman–Crippen LogP) is 2.49. The van der Waals surface area contributed by atoms with Crippen molar-refractivity contribution in [1.29, 1.82) is 0 Å². The largest absolute Gasteiger partial charge is 0.357 e. The summed E-state index contributed by atoms with van der Waals surface area (Å²) in [5, 5.41) is 3.88. The highest BCUT2D eigenvalue weighted by atomic mass is 16.2. The number of carbonyl (C=O) groups is 2. The molecule has 30 heavy (non-hydrogen) atoms. The Morgan fingerprint density at radius 2 is 1.73 bits per heavy atom. The van der Waals surface area contributed by atoms with Gasteiger partial charge >= 0.3 is 0 Å². The molecule has 0 bridgehead atoms. The molecular formula is C23H31N5O2. The molecule has 0 unspecified atom stereocenters. The van der Waals surface area contributed by atoms with Gasteiger partial charge in [0, 0.05) is 63.2 Å². The Hall–Kier alpha value is -2.67. The molecule has 2 aromatic rings. The van der Waals surface area contributed by atoms with Crippen LogP contribution < -0.4 is 10.2 Å². The van der Waals surface area contributed by atoms with Crippen molar-refractivity contribution in [2.24, 2.45) is 5.92 Å². The van der Waals surface area contributed by atoms with E-state index in [9.17, 15) is 9.59 Å². The van der Waals surface area contributed by atoms with Crippen molar-refractivity contribution < 1.29 is 9.59 Å². The second kappa shape index (κ2) is 8.60. The summed E-state index contributed by atoms with van der Waals surface area (Å²) in [5.74, 6) is 1.35. The van der Waals surface area contributed by atoms with Crippen molar-refractivity contribution in [1.82, 2.24) is 14.8 Å². The average Bonchev–Trinajstić information content (AvgIpc) is 2.74. The van der Waals surface area contributed by atoms with E-state index in [1.165, 1.54) is 6.92 Å². The Bertz CT molecular complexity index is 944. The number of amides is 2. The molecule has 0 radical (unpaired) electrons. The van der Waals surface area contributed by atoms with E-state index in [-0.39, 0.29) is 11.8 Å². The summed E-state index contributed by atoms with van der Waals surface area (Å²) in [4.78, 5) is 35.7. The summed E-state index contributed by atoms with van der Waals surface area (Å²) in [7, 11) is 2.11. The second-order valence-electron chi connectivity index (χ2n) is 8.60. The van der Waals surface area contributed by atoms with E-state index in [2.05, 4.69) is 35.2 Å². The number of nitrogens with one attached hydrogen (secondary N) is 1. The van der Waals surface area contributed by atoms with Gasteiger partial charge in [0.05, 0.1) is 5.52 Å². The van der Waals surface area contributed by atoms with Crippen LogP contribution in [0.25, 0.3) is 10.9 Å². The number of pyridine rings is 1. The van der Waals surface area contributed by atoms with Crippen LogP contribution in [0.5, 0.6) is 0 Å². The number of hydrogen-bond donors (Lipinski definition) is 1. The van der Waals surface area contributed by atoms with E-state index >= 15 is 0 Å². The number of fused-ring (bicyclic) bond motifs is 1. The minimum absolute atomic E-state index is 0.0782. The Kier molecular flexibility index (Phi) is 5.90. The molecule has 7 nitrogen and oxygen atoms in total. The predicted molar refractivity (Wildman–Crippen MR) is 120 cm³/mol. The maximum absolute atomic E-state index is 12.9. The summed E-state index contributed by atoms with van der Waals surface area (Å²) in [6, 6.07) is 7.94. The van der Waals surface area contributed by atoms with Crippen molar-refractivity contribution in [3.63, 3.8) is 0 Å². The number of aromatic nitrogens is 1. The first-order valence-corrected chi connectivity index (χ1v) is 10.8. The minimum Gasteiger partial charge on any atom is -0.357 e. The molecule has 2 amide bonds. The third-order valence-corrected chi connectivity index (χ3v) is 6.31. The third kappa shape index (κ3) is 4.41. The molecule has 4 rings (SSSR count). The lowest BCUT2D eigenvalue weighted by molar-refractivity contribution is -0.137. The molecule has 2 fully saturated rings. The van der Waals surface area contributed by atoms with E-state index < -0.39 is 0 Å². The van der Waals surface area contributed by atoms with Gasteiger partial charge in [0.1, 0.15) is 5.82 Å². The van der Waals surface area contributed by atoms with E-state index in [1.807, 2.05) is 23.1 Å². The first-order valence-electron chi connectivity index (χ1n) is 10.8. The molecule has 0 saturated carbocycles. The summed E-state index contributed by atoms with van der Waals surface area (Å²) in [6.45, 7) is 8.93. The number of carbonyl (C=O) groups excluding carboxylic acids is 2. The molecular weight excluding hydrogens is 378 g/mol. The summed E-state index contributed by atoms with van der Waals surface area (Å²) >= 11 is 0. The molecule has 2 aliphatic rings. The Morgan fingerprint density at radius 3 is 2.40 bits per heavy atom. The molecule has 1 N–H and O–H groups in total. The van der Waals surface area contributed by atoms with Gasteiger partial charge in [-0.2, -0.15) is 0 Å². The van der Waals surface area contributed by atoms with Gasteiger partial charge in [-0.1, -0.05) is 0 Å². The fourth-order valence-corrected chi connectivity index (χ4v) is 4.46. The van der Waals surface area contributed by atoms with Crippen LogP contribution in [0.2, 0.25) is 0 Å². The zero-order valence-corrected chi connectivity index (χ0v) is 18.1. The zero-order chi connectivity index (χ0) is 21.3. The van der Waals surface area contributed by atoms with Crippen LogP contribution in [0.4, 0.5) is 11.5 Å². The molecule has 7 heteroatoms. The second-order valence-corrected chi connectivity index (χ2v) is 8.60. The highest BCUT2D eigenvalue weighted by Crippen LogP contribution is 2.28. The standard InChI is InChI=1S/C23H31N5O2/c1-16-14-22(25-21-5-4-19(15-20(16)21)24-17(2)29)27-8-6-18(7-9-27)23(30)28-12-10-26(3)11-13-28/h4-5,14-15,18H,6-13H2,1-3H3,(H,24,29). The van der Waals surface area contributed by atoms with Gasteiger partial charge in [-0.05, 0) is 56.6 Å². The molecule has 3 heterocycles. The number of hydrogen-bond acceptors (Lipinski definition) is 5. The molecule has 2 aliphatic heterocycles. The SMILES string of the molecule is CC(=O)Nc1ccc2nc(N3CCC(C(=O)N4CCN(C)CC4)CC3)cc(C)c2c1. The van der Waals surface area contributed by atoms with Crippen LogP contribution >= 0.6 is 0 Å². The van der Waals surface area contributed by atoms with Gasteiger partial charge in [0.2, 0.25) is 11.8 Å². The molecule has 1 aromatic carbocycles. The van der Waals surface area contributed by atoms with Crippen LogP contribution in [0.15, 0.2) is 24.3 Å². The molecule has 0 aliphatic carbocycles. The lowest BCUT2D eigenvalue weighted by atomic mass is 9.94. The average molecular weight is 410 g/mol. The number of benzene rings is 1. The topological polar surface area (TPSA) is 68.8 Å². The molecule has 0 spiro atoms. The Balaban J connectivity index is 1.43. The maximum Gasteiger partial charge on any atom is 0.225 e. The van der Waals surface area contributed by atoms with Gasteiger partial charge in [-0.3, -0.25) is 9.59 Å². The fraction of sp³-hybridized carbons (Fsp3) is 0.522. The zero-order valence-electron chi connectivity index (χ0n) is 18.1. The summed E-state index contributed by atoms with van der Waals surface area (Å²) in [6.07, 6.45) is 1.76. The number of likely N-dealkylation sites (N-methyl/N-ethyl adjacent to an activating group) is 1. The fourth-order valence-electron chi connectivity index (χ4n) is 4.46. The number of aryl methyl sites for hydroxylation is 1. The number of rotatable bonds is 3. The van der Waals surface area contributed by atoms with Gasteiger partial charge in [-0.25, -0.2) is 4.98 Å². The highest BCUT2D eigenvalue weighted by Gasteiger charge is 2.30. The van der Waals surface area contributed by atoms with Crippen molar-refractivity contribution in [3.8, 4) is 0 Å². The molecule has 0 atom stereocenters. The first-order chi connectivity index (χ1) is 14.4. The quantitative estimate of drug-likeness (QED) is 0.844. The molecule has 2 saturated heterocycles. The Labute approximate surface area is 178 Å². The first kappa shape index (κ1) is 20.6. The summed E-state index contributed by atoms with van der Waals surface area (Å²) in [5.41, 5.74) is 2.85. The van der Waals surface area contributed by atoms with Crippen molar-refractivity contribution in [2.45, 2.75) is 26.7 Å². The van der Waals surface area contributed by atoms with E-state index in [0.29, 0.717) is 5.91 Å². The monoisotopic (exact) mass is 409 g/mol. The van der Waals surface area contributed by atoms with E-state index in [4.69, 9.17) is 4.98 Å². The lowest BCUT2D eigenvalue weighted by Gasteiger charge is -2.38. The minimum atomic E-state index is -0.0782. The number of nitrogens with zero attached hydrogens (tertiary/aromatic N) is 4. The van der Waals surface area contributed by atoms with Crippen LogP contribution in [-0.2, 0) is 9.59 Å². The molecule has 1 aromatic heterocycles. The van der Waals surface area contributed by atoms with E-state index in [0.717, 1.165) is 80.1 Å². The van der Waals surface area contributed by atoms with Crippen LogP contribution in [0.1, 0.15) is 25.3 Å². The number of piperazine rings is 1. The highest BCUT2D eigenvalue weighted by molar-refractivity contribution is 5.93. The molecule has 160 valence electrons. The van der Waals surface area contributed by atoms with Gasteiger partial charge in [0.25, 0.3) is 0 Å². The number of piperidine rings is 1. The normalized spacial score (nSPS) is 18.6. The Morgan fingerprint density at radius 1 is 1.03 bits per heavy atom. The van der Waals surface area contributed by atoms with Gasteiger partial charge in [0.15, 0.2) is 0 Å². The van der Waals surface area contributed by atoms with Crippen molar-refractivity contribution in [3.05, 3.63) is 29.8 Å². The van der Waals surface area contributed by atoms with Crippen LogP contribution in [0, 0.1) is 12.8 Å². The third-order valence-electron chi connectivity index (χ3n) is 6.31. The number of anilines is 2. The van der Waals surface area contributed by atoms with Gasteiger partial charge < -0.3 is 20.0 Å².